The maximum absolute atomic E-state index is 11.4. The molecular weight excluding hydrogens is 290 g/mol. The lowest BCUT2D eigenvalue weighted by atomic mass is 10.2. The van der Waals surface area contributed by atoms with Crippen molar-refractivity contribution in [2.24, 2.45) is 0 Å². The van der Waals surface area contributed by atoms with Crippen molar-refractivity contribution in [1.29, 1.82) is 0 Å². The molecule has 20 heavy (non-hydrogen) atoms. The van der Waals surface area contributed by atoms with Crippen LogP contribution in [0, 0.1) is 0 Å². The Labute approximate surface area is 127 Å². The van der Waals surface area contributed by atoms with Gasteiger partial charge in [0.05, 0.1) is 5.75 Å². The van der Waals surface area contributed by atoms with Crippen LogP contribution in [-0.2, 0) is 16.4 Å². The van der Waals surface area contributed by atoms with Crippen molar-refractivity contribution in [2.45, 2.75) is 38.1 Å². The first-order valence-electron chi connectivity index (χ1n) is 7.20. The van der Waals surface area contributed by atoms with Crippen molar-refractivity contribution in [3.8, 4) is 0 Å². The highest BCUT2D eigenvalue weighted by Crippen LogP contribution is 2.20. The second kappa shape index (κ2) is 9.42. The standard InChI is InChI=1S/C15H25NO2S2/c1-3-9-16-13-14-7-5-8-15(12-14)19-10-6-11-20(17,18)4-2/h5,7-8,12,16H,3-4,6,9-11,13H2,1-2H3. The Hall–Kier alpha value is -0.520. The Kier molecular flexibility index (Phi) is 8.26. The predicted octanol–water partition coefficient (Wildman–Crippen LogP) is 3.10. The fourth-order valence-corrected chi connectivity index (χ4v) is 3.76. The summed E-state index contributed by atoms with van der Waals surface area (Å²) in [5.74, 6) is 1.40. The van der Waals surface area contributed by atoms with E-state index in [1.54, 1.807) is 18.7 Å². The van der Waals surface area contributed by atoms with Gasteiger partial charge in [-0.15, -0.1) is 11.8 Å². The molecule has 0 aliphatic carbocycles. The minimum Gasteiger partial charge on any atom is -0.313 e. The van der Waals surface area contributed by atoms with Crippen molar-refractivity contribution in [2.75, 3.05) is 23.8 Å². The molecule has 0 aliphatic rings. The molecule has 0 bridgehead atoms. The average molecular weight is 316 g/mol. The van der Waals surface area contributed by atoms with Crippen LogP contribution in [0.2, 0.25) is 0 Å². The summed E-state index contributed by atoms with van der Waals surface area (Å²) in [6.07, 6.45) is 1.86. The highest BCUT2D eigenvalue weighted by atomic mass is 32.2. The monoisotopic (exact) mass is 315 g/mol. The van der Waals surface area contributed by atoms with Crippen LogP contribution in [0.1, 0.15) is 32.3 Å². The van der Waals surface area contributed by atoms with Gasteiger partial charge in [-0.2, -0.15) is 0 Å². The molecule has 0 atom stereocenters. The molecule has 0 spiro atoms. The molecule has 0 aliphatic heterocycles. The van der Waals surface area contributed by atoms with Crippen molar-refractivity contribution in [1.82, 2.24) is 5.32 Å². The number of hydrogen-bond donors (Lipinski definition) is 1. The van der Waals surface area contributed by atoms with Gasteiger partial charge in [0.1, 0.15) is 9.84 Å². The van der Waals surface area contributed by atoms with E-state index in [0.717, 1.165) is 31.7 Å². The summed E-state index contributed by atoms with van der Waals surface area (Å²) >= 11 is 1.73. The molecule has 5 heteroatoms. The second-order valence-corrected chi connectivity index (χ2v) is 8.40. The highest BCUT2D eigenvalue weighted by Gasteiger charge is 2.06. The first-order valence-corrected chi connectivity index (χ1v) is 10.0. The number of nitrogens with one attached hydrogen (secondary N) is 1. The molecule has 1 N–H and O–H groups in total. The first-order chi connectivity index (χ1) is 9.57. The Morgan fingerprint density at radius 1 is 1.25 bits per heavy atom. The van der Waals surface area contributed by atoms with E-state index in [1.807, 2.05) is 0 Å². The highest BCUT2D eigenvalue weighted by molar-refractivity contribution is 7.99. The van der Waals surface area contributed by atoms with Gasteiger partial charge in [-0.1, -0.05) is 26.0 Å². The number of thioether (sulfide) groups is 1. The third-order valence-electron chi connectivity index (χ3n) is 2.96. The van der Waals surface area contributed by atoms with E-state index >= 15 is 0 Å². The number of rotatable bonds is 10. The van der Waals surface area contributed by atoms with E-state index in [0.29, 0.717) is 5.75 Å². The average Bonchev–Trinajstić information content (AvgIpc) is 2.45. The van der Waals surface area contributed by atoms with Crippen molar-refractivity contribution in [3.63, 3.8) is 0 Å². The largest absolute Gasteiger partial charge is 0.313 e. The Morgan fingerprint density at radius 3 is 2.75 bits per heavy atom. The van der Waals surface area contributed by atoms with Crippen molar-refractivity contribution >= 4 is 21.6 Å². The van der Waals surface area contributed by atoms with Crippen LogP contribution in [0.15, 0.2) is 29.2 Å². The minimum absolute atomic E-state index is 0.246. The Morgan fingerprint density at radius 2 is 2.05 bits per heavy atom. The van der Waals surface area contributed by atoms with Crippen LogP contribution < -0.4 is 5.32 Å². The third kappa shape index (κ3) is 7.31. The molecule has 0 radical (unpaired) electrons. The topological polar surface area (TPSA) is 46.2 Å². The number of hydrogen-bond acceptors (Lipinski definition) is 4. The van der Waals surface area contributed by atoms with Gasteiger partial charge in [0, 0.05) is 17.2 Å². The van der Waals surface area contributed by atoms with Crippen LogP contribution in [0.25, 0.3) is 0 Å². The molecule has 3 nitrogen and oxygen atoms in total. The fraction of sp³-hybridized carbons (Fsp3) is 0.600. The van der Waals surface area contributed by atoms with E-state index in [9.17, 15) is 8.42 Å². The van der Waals surface area contributed by atoms with Gasteiger partial charge in [0.15, 0.2) is 0 Å². The zero-order chi connectivity index (χ0) is 14.8. The zero-order valence-electron chi connectivity index (χ0n) is 12.4. The molecule has 0 amide bonds. The van der Waals surface area contributed by atoms with E-state index < -0.39 is 9.84 Å². The molecule has 0 aromatic heterocycles. The van der Waals surface area contributed by atoms with E-state index in [4.69, 9.17) is 0 Å². The molecule has 1 aromatic rings. The Balaban J connectivity index is 2.35. The van der Waals surface area contributed by atoms with Crippen molar-refractivity contribution < 1.29 is 8.42 Å². The van der Waals surface area contributed by atoms with Gasteiger partial charge in [-0.3, -0.25) is 0 Å². The van der Waals surface area contributed by atoms with Crippen LogP contribution in [0.4, 0.5) is 0 Å². The lowest BCUT2D eigenvalue weighted by Gasteiger charge is -2.06. The van der Waals surface area contributed by atoms with E-state index in [2.05, 4.69) is 36.5 Å². The second-order valence-electron chi connectivity index (χ2n) is 4.76. The number of sulfone groups is 1. The summed E-state index contributed by atoms with van der Waals surface area (Å²) in [6.45, 7) is 5.79. The summed E-state index contributed by atoms with van der Waals surface area (Å²) in [7, 11) is -2.82. The summed E-state index contributed by atoms with van der Waals surface area (Å²) in [5.41, 5.74) is 1.28. The normalized spacial score (nSPS) is 11.7. The molecule has 0 unspecified atom stereocenters. The van der Waals surface area contributed by atoms with Gasteiger partial charge in [0.25, 0.3) is 0 Å². The Bertz CT molecular complexity index is 486. The molecular formula is C15H25NO2S2. The zero-order valence-corrected chi connectivity index (χ0v) is 14.0. The molecule has 0 fully saturated rings. The molecule has 0 saturated heterocycles. The molecule has 1 rings (SSSR count). The van der Waals surface area contributed by atoms with Crippen LogP contribution in [0.5, 0.6) is 0 Å². The maximum atomic E-state index is 11.4. The quantitative estimate of drug-likeness (QED) is 0.532. The fourth-order valence-electron chi connectivity index (χ4n) is 1.77. The van der Waals surface area contributed by atoms with Gasteiger partial charge in [0.2, 0.25) is 0 Å². The predicted molar refractivity (Wildman–Crippen MR) is 88.1 cm³/mol. The van der Waals surface area contributed by atoms with Gasteiger partial charge in [-0.25, -0.2) is 8.42 Å². The lowest BCUT2D eigenvalue weighted by Crippen LogP contribution is -2.13. The lowest BCUT2D eigenvalue weighted by molar-refractivity contribution is 0.596. The summed E-state index contributed by atoms with van der Waals surface area (Å²) in [6, 6.07) is 8.45. The van der Waals surface area contributed by atoms with Crippen molar-refractivity contribution in [3.05, 3.63) is 29.8 Å². The first kappa shape index (κ1) is 17.5. The summed E-state index contributed by atoms with van der Waals surface area (Å²) < 4.78 is 22.8. The van der Waals surface area contributed by atoms with E-state index in [1.165, 1.54) is 10.5 Å². The van der Waals surface area contributed by atoms with Crippen LogP contribution in [0.3, 0.4) is 0 Å². The number of benzene rings is 1. The molecule has 0 saturated carbocycles. The SMILES string of the molecule is CCCNCc1cccc(SCCCS(=O)(=O)CC)c1. The van der Waals surface area contributed by atoms with Crippen LogP contribution >= 0.6 is 11.8 Å². The molecule has 114 valence electrons. The molecule has 1 aromatic carbocycles. The molecule has 0 heterocycles. The third-order valence-corrected chi connectivity index (χ3v) is 5.83. The minimum atomic E-state index is -2.82. The summed E-state index contributed by atoms with van der Waals surface area (Å²) in [4.78, 5) is 1.22. The van der Waals surface area contributed by atoms with Gasteiger partial charge >= 0.3 is 0 Å². The summed E-state index contributed by atoms with van der Waals surface area (Å²) in [5, 5.41) is 3.38. The smallest absolute Gasteiger partial charge is 0.150 e. The van der Waals surface area contributed by atoms with Gasteiger partial charge < -0.3 is 5.32 Å². The maximum Gasteiger partial charge on any atom is 0.150 e. The van der Waals surface area contributed by atoms with Crippen LogP contribution in [-0.4, -0.2) is 32.2 Å². The van der Waals surface area contributed by atoms with E-state index in [-0.39, 0.29) is 5.75 Å². The van der Waals surface area contributed by atoms with Gasteiger partial charge in [-0.05, 0) is 42.8 Å².